The standard InChI is InChI=1S/C23H25N7O4/c31-21-19-20(26-23(27-21)30-14-17(12-25-30)22(32)33)29(15-24-19)13-16-5-3-6-18(11-16)34-10-4-9-28-7-1-2-8-28/h3,5-6,11-12,14-15H,1-2,4,7-10,13H2,(H,32,33)(H,26,27,31). The number of hydrogen-bond acceptors (Lipinski definition) is 7. The van der Waals surface area contributed by atoms with Gasteiger partial charge in [-0.05, 0) is 50.0 Å². The number of nitrogens with zero attached hydrogens (tertiary/aromatic N) is 6. The Hall–Kier alpha value is -3.99. The lowest BCUT2D eigenvalue weighted by Gasteiger charge is -2.14. The molecule has 0 radical (unpaired) electrons. The third-order valence-electron chi connectivity index (χ3n) is 5.85. The summed E-state index contributed by atoms with van der Waals surface area (Å²) in [6.07, 6.45) is 7.62. The molecule has 5 rings (SSSR count). The fraction of sp³-hybridized carbons (Fsp3) is 0.348. The van der Waals surface area contributed by atoms with E-state index < -0.39 is 11.5 Å². The monoisotopic (exact) mass is 463 g/mol. The van der Waals surface area contributed by atoms with Gasteiger partial charge in [0.25, 0.3) is 5.56 Å². The highest BCUT2D eigenvalue weighted by Gasteiger charge is 2.14. The normalized spacial score (nSPS) is 14.1. The molecule has 0 saturated carbocycles. The van der Waals surface area contributed by atoms with E-state index in [1.807, 2.05) is 24.3 Å². The summed E-state index contributed by atoms with van der Waals surface area (Å²) < 4.78 is 8.94. The summed E-state index contributed by atoms with van der Waals surface area (Å²) >= 11 is 0. The first-order chi connectivity index (χ1) is 16.6. The number of carboxylic acids is 1. The summed E-state index contributed by atoms with van der Waals surface area (Å²) in [6.45, 7) is 4.54. The number of benzene rings is 1. The summed E-state index contributed by atoms with van der Waals surface area (Å²) in [5.41, 5.74) is 1.12. The molecule has 1 aromatic carbocycles. The number of aromatic amines is 1. The maximum absolute atomic E-state index is 12.5. The smallest absolute Gasteiger partial charge is 0.338 e. The van der Waals surface area contributed by atoms with Gasteiger partial charge >= 0.3 is 5.97 Å². The van der Waals surface area contributed by atoms with Crippen LogP contribution in [0.15, 0.2) is 47.8 Å². The molecule has 4 heterocycles. The Labute approximate surface area is 194 Å². The van der Waals surface area contributed by atoms with Gasteiger partial charge in [-0.15, -0.1) is 0 Å². The van der Waals surface area contributed by atoms with E-state index in [1.165, 1.54) is 43.0 Å². The number of rotatable bonds is 9. The van der Waals surface area contributed by atoms with Crippen LogP contribution in [0, 0.1) is 0 Å². The zero-order valence-electron chi connectivity index (χ0n) is 18.6. The molecular weight excluding hydrogens is 438 g/mol. The highest BCUT2D eigenvalue weighted by molar-refractivity contribution is 5.86. The van der Waals surface area contributed by atoms with Crippen LogP contribution in [0.25, 0.3) is 17.1 Å². The molecule has 1 aliphatic heterocycles. The molecule has 11 nitrogen and oxygen atoms in total. The predicted molar refractivity (Wildman–Crippen MR) is 124 cm³/mol. The predicted octanol–water partition coefficient (Wildman–Crippen LogP) is 1.92. The van der Waals surface area contributed by atoms with E-state index in [2.05, 4.69) is 25.0 Å². The van der Waals surface area contributed by atoms with Gasteiger partial charge in [0, 0.05) is 12.7 Å². The molecule has 1 saturated heterocycles. The van der Waals surface area contributed by atoms with E-state index >= 15 is 0 Å². The number of aromatic nitrogens is 6. The number of carboxylic acid groups (broad SMARTS) is 1. The van der Waals surface area contributed by atoms with Gasteiger partial charge in [-0.3, -0.25) is 9.78 Å². The van der Waals surface area contributed by atoms with Crippen molar-refractivity contribution in [2.45, 2.75) is 25.8 Å². The van der Waals surface area contributed by atoms with Gasteiger partial charge < -0.3 is 19.3 Å². The molecule has 11 heteroatoms. The van der Waals surface area contributed by atoms with Crippen LogP contribution >= 0.6 is 0 Å². The molecule has 3 aromatic heterocycles. The van der Waals surface area contributed by atoms with Crippen LogP contribution in [0.5, 0.6) is 5.75 Å². The van der Waals surface area contributed by atoms with E-state index in [1.54, 1.807) is 10.9 Å². The van der Waals surface area contributed by atoms with Gasteiger partial charge in [0.15, 0.2) is 11.2 Å². The van der Waals surface area contributed by atoms with E-state index in [0.29, 0.717) is 18.8 Å². The van der Waals surface area contributed by atoms with Gasteiger partial charge in [0.1, 0.15) is 5.75 Å². The van der Waals surface area contributed by atoms with Crippen LogP contribution in [0.1, 0.15) is 35.2 Å². The first kappa shape index (κ1) is 21.8. The second-order valence-corrected chi connectivity index (χ2v) is 8.31. The highest BCUT2D eigenvalue weighted by atomic mass is 16.5. The van der Waals surface area contributed by atoms with E-state index in [-0.39, 0.29) is 17.0 Å². The summed E-state index contributed by atoms with van der Waals surface area (Å²) in [5, 5.41) is 13.1. The summed E-state index contributed by atoms with van der Waals surface area (Å²) in [7, 11) is 0. The molecule has 2 N–H and O–H groups in total. The van der Waals surface area contributed by atoms with Crippen molar-refractivity contribution >= 4 is 17.1 Å². The van der Waals surface area contributed by atoms with Crippen LogP contribution in [0.2, 0.25) is 0 Å². The number of fused-ring (bicyclic) bond motifs is 1. The Morgan fingerprint density at radius 2 is 2.09 bits per heavy atom. The largest absolute Gasteiger partial charge is 0.494 e. The molecule has 0 amide bonds. The molecule has 0 atom stereocenters. The maximum atomic E-state index is 12.5. The average Bonchev–Trinajstić information content (AvgIpc) is 3.59. The van der Waals surface area contributed by atoms with Crippen LogP contribution in [0.4, 0.5) is 0 Å². The SMILES string of the molecule is O=C(O)c1cnn(-c2nc3c(ncn3Cc3cccc(OCCCN4CCCC4)c3)c(=O)[nH]2)c1. The van der Waals surface area contributed by atoms with E-state index in [4.69, 9.17) is 9.84 Å². The molecule has 0 spiro atoms. The first-order valence-electron chi connectivity index (χ1n) is 11.2. The Morgan fingerprint density at radius 1 is 1.24 bits per heavy atom. The number of carbonyl (C=O) groups is 1. The number of ether oxygens (including phenoxy) is 1. The summed E-state index contributed by atoms with van der Waals surface area (Å²) in [5.74, 6) is -0.202. The molecule has 1 aliphatic rings. The Balaban J connectivity index is 1.31. The zero-order valence-corrected chi connectivity index (χ0v) is 18.6. The molecule has 0 bridgehead atoms. The van der Waals surface area contributed by atoms with Gasteiger partial charge in [0.2, 0.25) is 5.95 Å². The Morgan fingerprint density at radius 3 is 2.88 bits per heavy atom. The Kier molecular flexibility index (Phi) is 6.09. The number of imidazole rings is 1. The quantitative estimate of drug-likeness (QED) is 0.360. The summed E-state index contributed by atoms with van der Waals surface area (Å²) in [6, 6.07) is 7.82. The molecule has 176 valence electrons. The van der Waals surface area contributed by atoms with E-state index in [9.17, 15) is 9.59 Å². The number of likely N-dealkylation sites (tertiary alicyclic amines) is 1. The number of hydrogen-bond donors (Lipinski definition) is 2. The lowest BCUT2D eigenvalue weighted by atomic mass is 10.2. The van der Waals surface area contributed by atoms with Crippen molar-refractivity contribution in [3.63, 3.8) is 0 Å². The maximum Gasteiger partial charge on any atom is 0.338 e. The Bertz CT molecular complexity index is 1370. The van der Waals surface area contributed by atoms with Crippen molar-refractivity contribution in [1.82, 2.24) is 34.2 Å². The molecule has 34 heavy (non-hydrogen) atoms. The topological polar surface area (TPSA) is 131 Å². The highest BCUT2D eigenvalue weighted by Crippen LogP contribution is 2.17. The second kappa shape index (κ2) is 9.48. The van der Waals surface area contributed by atoms with Crippen LogP contribution in [0.3, 0.4) is 0 Å². The third kappa shape index (κ3) is 4.69. The van der Waals surface area contributed by atoms with Gasteiger partial charge in [-0.2, -0.15) is 10.1 Å². The molecular formula is C23H25N7O4. The van der Waals surface area contributed by atoms with Crippen molar-refractivity contribution in [2.24, 2.45) is 0 Å². The van der Waals surface area contributed by atoms with Crippen molar-refractivity contribution in [1.29, 1.82) is 0 Å². The van der Waals surface area contributed by atoms with Crippen LogP contribution < -0.4 is 10.3 Å². The number of aromatic carboxylic acids is 1. The van der Waals surface area contributed by atoms with Crippen molar-refractivity contribution in [2.75, 3.05) is 26.2 Å². The van der Waals surface area contributed by atoms with Crippen LogP contribution in [-0.2, 0) is 6.54 Å². The molecule has 1 fully saturated rings. The minimum atomic E-state index is -1.11. The first-order valence-corrected chi connectivity index (χ1v) is 11.2. The zero-order chi connectivity index (χ0) is 23.5. The fourth-order valence-electron chi connectivity index (χ4n) is 4.13. The second-order valence-electron chi connectivity index (χ2n) is 8.31. The van der Waals surface area contributed by atoms with Gasteiger partial charge in [0.05, 0.1) is 31.2 Å². The molecule has 0 unspecified atom stereocenters. The number of H-pyrrole nitrogens is 1. The van der Waals surface area contributed by atoms with E-state index in [0.717, 1.165) is 24.3 Å². The lowest BCUT2D eigenvalue weighted by molar-refractivity contribution is 0.0697. The van der Waals surface area contributed by atoms with Gasteiger partial charge in [-0.25, -0.2) is 14.5 Å². The fourth-order valence-corrected chi connectivity index (χ4v) is 4.13. The minimum absolute atomic E-state index is 0.00602. The van der Waals surface area contributed by atoms with Crippen molar-refractivity contribution < 1.29 is 14.6 Å². The molecule has 0 aliphatic carbocycles. The lowest BCUT2D eigenvalue weighted by Crippen LogP contribution is -2.21. The van der Waals surface area contributed by atoms with Crippen molar-refractivity contribution in [3.05, 3.63) is 64.5 Å². The average molecular weight is 463 g/mol. The van der Waals surface area contributed by atoms with Crippen molar-refractivity contribution in [3.8, 4) is 11.7 Å². The van der Waals surface area contributed by atoms with Gasteiger partial charge in [-0.1, -0.05) is 12.1 Å². The minimum Gasteiger partial charge on any atom is -0.494 e. The van der Waals surface area contributed by atoms with Crippen LogP contribution in [-0.4, -0.2) is 71.5 Å². The summed E-state index contributed by atoms with van der Waals surface area (Å²) in [4.78, 5) is 37.4. The number of nitrogens with one attached hydrogen (secondary N) is 1. The molecule has 4 aromatic rings. The third-order valence-corrected chi connectivity index (χ3v) is 5.85.